The summed E-state index contributed by atoms with van der Waals surface area (Å²) in [5.41, 5.74) is 0.0128. The first-order chi connectivity index (χ1) is 12.4. The van der Waals surface area contributed by atoms with Crippen LogP contribution in [0.25, 0.3) is 0 Å². The van der Waals surface area contributed by atoms with Crippen LogP contribution in [0, 0.1) is 17.0 Å². The molecule has 2 aromatic rings. The molecule has 0 N–H and O–H groups in total. The van der Waals surface area contributed by atoms with Crippen molar-refractivity contribution in [2.45, 2.75) is 6.92 Å². The van der Waals surface area contributed by atoms with Crippen molar-refractivity contribution in [1.29, 1.82) is 0 Å². The van der Waals surface area contributed by atoms with E-state index in [1.807, 2.05) is 0 Å². The SMILES string of the molecule is COc1ccc(OC)c(C(=O)COC(=O)c2c(C)cccc2[N+](=O)[O-])c1. The average Bonchev–Trinajstić information content (AvgIpc) is 2.64. The van der Waals surface area contributed by atoms with Crippen molar-refractivity contribution in [1.82, 2.24) is 0 Å². The van der Waals surface area contributed by atoms with Gasteiger partial charge in [-0.05, 0) is 30.7 Å². The quantitative estimate of drug-likeness (QED) is 0.324. The van der Waals surface area contributed by atoms with Crippen LogP contribution < -0.4 is 9.47 Å². The Morgan fingerprint density at radius 1 is 1.12 bits per heavy atom. The second kappa shape index (κ2) is 8.11. The summed E-state index contributed by atoms with van der Waals surface area (Å²) in [6.07, 6.45) is 0. The highest BCUT2D eigenvalue weighted by molar-refractivity contribution is 6.02. The van der Waals surface area contributed by atoms with E-state index in [4.69, 9.17) is 14.2 Å². The topological polar surface area (TPSA) is 105 Å². The predicted octanol–water partition coefficient (Wildman–Crippen LogP) is 2.96. The number of nitro benzene ring substituents is 1. The van der Waals surface area contributed by atoms with E-state index in [2.05, 4.69) is 0 Å². The smallest absolute Gasteiger partial charge is 0.345 e. The van der Waals surface area contributed by atoms with Gasteiger partial charge in [0, 0.05) is 6.07 Å². The van der Waals surface area contributed by atoms with Gasteiger partial charge in [-0.15, -0.1) is 0 Å². The van der Waals surface area contributed by atoms with Crippen LogP contribution in [0.2, 0.25) is 0 Å². The van der Waals surface area contributed by atoms with E-state index in [0.29, 0.717) is 17.1 Å². The summed E-state index contributed by atoms with van der Waals surface area (Å²) < 4.78 is 15.2. The molecule has 0 saturated heterocycles. The Morgan fingerprint density at radius 2 is 1.85 bits per heavy atom. The molecule has 0 bridgehead atoms. The molecule has 0 radical (unpaired) electrons. The van der Waals surface area contributed by atoms with Gasteiger partial charge in [0.1, 0.15) is 17.1 Å². The summed E-state index contributed by atoms with van der Waals surface area (Å²) in [5.74, 6) is -0.723. The van der Waals surface area contributed by atoms with Crippen molar-refractivity contribution in [3.63, 3.8) is 0 Å². The molecule has 0 amide bonds. The fourth-order valence-electron chi connectivity index (χ4n) is 2.38. The number of methoxy groups -OCH3 is 2. The average molecular weight is 359 g/mol. The number of ether oxygens (including phenoxy) is 3. The molecule has 0 heterocycles. The van der Waals surface area contributed by atoms with Crippen LogP contribution in [0.5, 0.6) is 11.5 Å². The largest absolute Gasteiger partial charge is 0.497 e. The third kappa shape index (κ3) is 3.97. The molecule has 0 atom stereocenters. The zero-order valence-electron chi connectivity index (χ0n) is 14.5. The van der Waals surface area contributed by atoms with E-state index in [-0.39, 0.29) is 16.8 Å². The molecule has 0 aliphatic rings. The van der Waals surface area contributed by atoms with Gasteiger partial charge in [-0.2, -0.15) is 0 Å². The third-order valence-electron chi connectivity index (χ3n) is 3.69. The van der Waals surface area contributed by atoms with Crippen molar-refractivity contribution in [3.05, 3.63) is 63.2 Å². The fraction of sp³-hybridized carbons (Fsp3) is 0.222. The molecule has 0 fully saturated rings. The zero-order valence-corrected chi connectivity index (χ0v) is 14.5. The summed E-state index contributed by atoms with van der Waals surface area (Å²) in [4.78, 5) is 35.1. The maximum atomic E-state index is 12.4. The Morgan fingerprint density at radius 3 is 2.46 bits per heavy atom. The highest BCUT2D eigenvalue weighted by Crippen LogP contribution is 2.25. The van der Waals surface area contributed by atoms with E-state index in [1.165, 1.54) is 32.4 Å². The summed E-state index contributed by atoms with van der Waals surface area (Å²) >= 11 is 0. The number of hydrogen-bond donors (Lipinski definition) is 0. The molecule has 0 saturated carbocycles. The van der Waals surface area contributed by atoms with Gasteiger partial charge in [0.15, 0.2) is 6.61 Å². The number of esters is 1. The van der Waals surface area contributed by atoms with Gasteiger partial charge in [0.05, 0.1) is 24.7 Å². The number of hydrogen-bond acceptors (Lipinski definition) is 7. The first-order valence-electron chi connectivity index (χ1n) is 7.55. The van der Waals surface area contributed by atoms with Crippen LogP contribution in [-0.4, -0.2) is 37.5 Å². The molecular weight excluding hydrogens is 342 g/mol. The highest BCUT2D eigenvalue weighted by Gasteiger charge is 2.25. The summed E-state index contributed by atoms with van der Waals surface area (Å²) in [6.45, 7) is 0.963. The van der Waals surface area contributed by atoms with Crippen LogP contribution >= 0.6 is 0 Å². The number of nitro groups is 1. The standard InChI is InChI=1S/C18H17NO7/c1-11-5-4-6-14(19(22)23)17(11)18(21)26-10-15(20)13-9-12(24-2)7-8-16(13)25-3/h4-9H,10H2,1-3H3. The molecule has 0 unspecified atom stereocenters. The number of carbonyl (C=O) groups is 2. The van der Waals surface area contributed by atoms with Gasteiger partial charge in [-0.25, -0.2) is 4.79 Å². The minimum atomic E-state index is -0.940. The van der Waals surface area contributed by atoms with E-state index in [9.17, 15) is 19.7 Å². The lowest BCUT2D eigenvalue weighted by Gasteiger charge is -2.11. The maximum Gasteiger partial charge on any atom is 0.345 e. The first kappa shape index (κ1) is 18.9. The Labute approximate surface area is 149 Å². The minimum absolute atomic E-state index is 0.178. The van der Waals surface area contributed by atoms with Gasteiger partial charge in [-0.1, -0.05) is 12.1 Å². The van der Waals surface area contributed by atoms with Crippen LogP contribution in [-0.2, 0) is 4.74 Å². The number of benzene rings is 2. The fourth-order valence-corrected chi connectivity index (χ4v) is 2.38. The number of Topliss-reactive ketones (excluding diaryl/α,β-unsaturated/α-hetero) is 1. The summed E-state index contributed by atoms with van der Waals surface area (Å²) in [6, 6.07) is 8.87. The van der Waals surface area contributed by atoms with E-state index < -0.39 is 23.3 Å². The van der Waals surface area contributed by atoms with E-state index in [1.54, 1.807) is 25.1 Å². The monoisotopic (exact) mass is 359 g/mol. The molecule has 8 heteroatoms. The lowest BCUT2D eigenvalue weighted by Crippen LogP contribution is -2.17. The van der Waals surface area contributed by atoms with Crippen molar-refractivity contribution in [3.8, 4) is 11.5 Å². The Balaban J connectivity index is 2.21. The third-order valence-corrected chi connectivity index (χ3v) is 3.69. The maximum absolute atomic E-state index is 12.4. The molecule has 136 valence electrons. The van der Waals surface area contributed by atoms with Gasteiger partial charge < -0.3 is 14.2 Å². The normalized spacial score (nSPS) is 10.1. The lowest BCUT2D eigenvalue weighted by atomic mass is 10.1. The second-order valence-electron chi connectivity index (χ2n) is 5.29. The van der Waals surface area contributed by atoms with Gasteiger partial charge in [0.2, 0.25) is 5.78 Å². The second-order valence-corrected chi connectivity index (χ2v) is 5.29. The van der Waals surface area contributed by atoms with Crippen LogP contribution in [0.4, 0.5) is 5.69 Å². The Kier molecular flexibility index (Phi) is 5.90. The van der Waals surface area contributed by atoms with Gasteiger partial charge in [0.25, 0.3) is 5.69 Å². The van der Waals surface area contributed by atoms with Crippen LogP contribution in [0.1, 0.15) is 26.3 Å². The first-order valence-corrected chi connectivity index (χ1v) is 7.55. The lowest BCUT2D eigenvalue weighted by molar-refractivity contribution is -0.385. The molecule has 0 spiro atoms. The number of rotatable bonds is 7. The van der Waals surface area contributed by atoms with Crippen molar-refractivity contribution >= 4 is 17.4 Å². The number of aryl methyl sites for hydroxylation is 1. The van der Waals surface area contributed by atoms with Gasteiger partial charge in [-0.3, -0.25) is 14.9 Å². The summed E-state index contributed by atoms with van der Waals surface area (Å²) in [7, 11) is 2.86. The van der Waals surface area contributed by atoms with Gasteiger partial charge >= 0.3 is 5.97 Å². The molecular formula is C18H17NO7. The number of nitrogens with zero attached hydrogens (tertiary/aromatic N) is 1. The molecule has 0 aromatic heterocycles. The van der Waals surface area contributed by atoms with Crippen LogP contribution in [0.15, 0.2) is 36.4 Å². The Hall–Kier alpha value is -3.42. The van der Waals surface area contributed by atoms with Crippen molar-refractivity contribution < 1.29 is 28.7 Å². The number of carbonyl (C=O) groups excluding carboxylic acids is 2. The molecule has 0 aliphatic heterocycles. The van der Waals surface area contributed by atoms with Crippen molar-refractivity contribution in [2.24, 2.45) is 0 Å². The van der Waals surface area contributed by atoms with E-state index in [0.717, 1.165) is 0 Å². The number of ketones is 1. The molecule has 2 rings (SSSR count). The Bertz CT molecular complexity index is 861. The molecule has 0 aliphatic carbocycles. The van der Waals surface area contributed by atoms with Crippen molar-refractivity contribution in [2.75, 3.05) is 20.8 Å². The van der Waals surface area contributed by atoms with E-state index >= 15 is 0 Å². The molecule has 26 heavy (non-hydrogen) atoms. The van der Waals surface area contributed by atoms with Crippen LogP contribution in [0.3, 0.4) is 0 Å². The summed E-state index contributed by atoms with van der Waals surface area (Å²) in [5, 5.41) is 11.1. The predicted molar refractivity (Wildman–Crippen MR) is 92.0 cm³/mol. The molecule has 2 aromatic carbocycles. The zero-order chi connectivity index (χ0) is 19.3. The highest BCUT2D eigenvalue weighted by atomic mass is 16.6. The molecule has 8 nitrogen and oxygen atoms in total. The minimum Gasteiger partial charge on any atom is -0.497 e.